The number of hydrogen-bond acceptors (Lipinski definition) is 3. The lowest BCUT2D eigenvalue weighted by molar-refractivity contribution is 0.113. The number of amides is 1. The van der Waals surface area contributed by atoms with Crippen LogP contribution in [-0.4, -0.2) is 43.3 Å². The number of nitrogens with zero attached hydrogens (tertiary/aromatic N) is 1. The topological polar surface area (TPSA) is 41.6 Å². The van der Waals surface area contributed by atoms with Crippen molar-refractivity contribution in [2.24, 2.45) is 5.92 Å². The van der Waals surface area contributed by atoms with Crippen LogP contribution in [0.5, 0.6) is 0 Å². The van der Waals surface area contributed by atoms with Crippen molar-refractivity contribution in [2.75, 3.05) is 26.2 Å². The van der Waals surface area contributed by atoms with E-state index in [1.165, 1.54) is 6.42 Å². The predicted molar refractivity (Wildman–Crippen MR) is 48.5 cm³/mol. The molecule has 13 heavy (non-hydrogen) atoms. The van der Waals surface area contributed by atoms with Gasteiger partial charge >= 0.3 is 6.09 Å². The van der Waals surface area contributed by atoms with E-state index in [1.54, 1.807) is 0 Å². The van der Waals surface area contributed by atoms with Gasteiger partial charge in [0.05, 0.1) is 6.61 Å². The lowest BCUT2D eigenvalue weighted by Gasteiger charge is -2.16. The van der Waals surface area contributed by atoms with E-state index >= 15 is 0 Å². The van der Waals surface area contributed by atoms with Crippen LogP contribution in [0, 0.1) is 5.92 Å². The van der Waals surface area contributed by atoms with Gasteiger partial charge in [-0.2, -0.15) is 0 Å². The SMILES string of the molecule is CCOC(=O)N1C[C@@H]2CCN[C@H]2C1. The third-order valence-electron chi connectivity index (χ3n) is 2.89. The largest absolute Gasteiger partial charge is 0.450 e. The molecule has 0 aromatic rings. The average Bonchev–Trinajstić information content (AvgIpc) is 2.61. The van der Waals surface area contributed by atoms with Gasteiger partial charge in [0.15, 0.2) is 0 Å². The Kier molecular flexibility index (Phi) is 2.40. The van der Waals surface area contributed by atoms with Crippen LogP contribution in [0.2, 0.25) is 0 Å². The van der Waals surface area contributed by atoms with Crippen molar-refractivity contribution in [1.82, 2.24) is 10.2 Å². The fourth-order valence-corrected chi connectivity index (χ4v) is 2.21. The summed E-state index contributed by atoms with van der Waals surface area (Å²) in [7, 11) is 0. The highest BCUT2D eigenvalue weighted by molar-refractivity contribution is 5.68. The summed E-state index contributed by atoms with van der Waals surface area (Å²) in [6, 6.07) is 0.518. The molecular weight excluding hydrogens is 168 g/mol. The highest BCUT2D eigenvalue weighted by atomic mass is 16.6. The van der Waals surface area contributed by atoms with Crippen LogP contribution in [-0.2, 0) is 4.74 Å². The molecule has 0 unspecified atom stereocenters. The molecular formula is C9H16N2O2. The summed E-state index contributed by atoms with van der Waals surface area (Å²) >= 11 is 0. The van der Waals surface area contributed by atoms with E-state index in [4.69, 9.17) is 4.74 Å². The van der Waals surface area contributed by atoms with E-state index in [1.807, 2.05) is 11.8 Å². The molecule has 1 amide bonds. The molecule has 2 rings (SSSR count). The quantitative estimate of drug-likeness (QED) is 0.643. The second-order valence-corrected chi connectivity index (χ2v) is 3.71. The Hall–Kier alpha value is -0.770. The van der Waals surface area contributed by atoms with Crippen molar-refractivity contribution in [1.29, 1.82) is 0 Å². The summed E-state index contributed by atoms with van der Waals surface area (Å²) in [6.07, 6.45) is 1.04. The number of rotatable bonds is 1. The molecule has 0 bridgehead atoms. The number of hydrogen-bond donors (Lipinski definition) is 1. The van der Waals surface area contributed by atoms with Gasteiger partial charge in [0, 0.05) is 19.1 Å². The Morgan fingerprint density at radius 3 is 3.15 bits per heavy atom. The Morgan fingerprint density at radius 1 is 1.62 bits per heavy atom. The molecule has 0 radical (unpaired) electrons. The molecule has 1 N–H and O–H groups in total. The van der Waals surface area contributed by atoms with Crippen LogP contribution in [0.3, 0.4) is 0 Å². The lowest BCUT2D eigenvalue weighted by Crippen LogP contribution is -2.34. The van der Waals surface area contributed by atoms with E-state index < -0.39 is 0 Å². The maximum absolute atomic E-state index is 11.4. The summed E-state index contributed by atoms with van der Waals surface area (Å²) in [5.74, 6) is 0.657. The lowest BCUT2D eigenvalue weighted by atomic mass is 10.1. The Labute approximate surface area is 78.2 Å². The van der Waals surface area contributed by atoms with Gasteiger partial charge in [-0.25, -0.2) is 4.79 Å². The van der Waals surface area contributed by atoms with E-state index in [9.17, 15) is 4.79 Å². The van der Waals surface area contributed by atoms with Crippen LogP contribution < -0.4 is 5.32 Å². The second kappa shape index (κ2) is 3.54. The van der Waals surface area contributed by atoms with Crippen molar-refractivity contribution in [3.63, 3.8) is 0 Å². The minimum Gasteiger partial charge on any atom is -0.450 e. The number of nitrogens with one attached hydrogen (secondary N) is 1. The molecule has 74 valence electrons. The number of carbonyl (C=O) groups is 1. The highest BCUT2D eigenvalue weighted by Gasteiger charge is 2.38. The standard InChI is InChI=1S/C9H16N2O2/c1-2-13-9(12)11-5-7-3-4-10-8(7)6-11/h7-8,10H,2-6H2,1H3/t7-,8-/m0/s1. The van der Waals surface area contributed by atoms with Crippen LogP contribution in [0.15, 0.2) is 0 Å². The predicted octanol–water partition coefficient (Wildman–Crippen LogP) is 0.437. The van der Waals surface area contributed by atoms with Gasteiger partial charge in [-0.05, 0) is 25.8 Å². The van der Waals surface area contributed by atoms with E-state index in [0.717, 1.165) is 19.6 Å². The van der Waals surface area contributed by atoms with Crippen LogP contribution in [0.25, 0.3) is 0 Å². The van der Waals surface area contributed by atoms with Gasteiger partial charge in [-0.1, -0.05) is 0 Å². The minimum atomic E-state index is -0.154. The molecule has 2 fully saturated rings. The first kappa shape index (κ1) is 8.81. The van der Waals surface area contributed by atoms with Gasteiger partial charge in [0.1, 0.15) is 0 Å². The molecule has 2 heterocycles. The first-order valence-electron chi connectivity index (χ1n) is 4.96. The number of carbonyl (C=O) groups excluding carboxylic acids is 1. The van der Waals surface area contributed by atoms with Gasteiger partial charge in [0.2, 0.25) is 0 Å². The van der Waals surface area contributed by atoms with Crippen molar-refractivity contribution in [2.45, 2.75) is 19.4 Å². The fraction of sp³-hybridized carbons (Fsp3) is 0.889. The third-order valence-corrected chi connectivity index (χ3v) is 2.89. The zero-order valence-corrected chi connectivity index (χ0v) is 7.95. The van der Waals surface area contributed by atoms with Crippen molar-refractivity contribution >= 4 is 6.09 Å². The van der Waals surface area contributed by atoms with Gasteiger partial charge in [0.25, 0.3) is 0 Å². The minimum absolute atomic E-state index is 0.154. The molecule has 2 atom stereocenters. The normalized spacial score (nSPS) is 31.9. The van der Waals surface area contributed by atoms with Gasteiger partial charge in [-0.3, -0.25) is 0 Å². The summed E-state index contributed by atoms with van der Waals surface area (Å²) in [5, 5.41) is 3.40. The number of likely N-dealkylation sites (tertiary alicyclic amines) is 1. The molecule has 4 heteroatoms. The number of ether oxygens (including phenoxy) is 1. The highest BCUT2D eigenvalue weighted by Crippen LogP contribution is 2.24. The van der Waals surface area contributed by atoms with Crippen LogP contribution in [0.1, 0.15) is 13.3 Å². The summed E-state index contributed by atoms with van der Waals surface area (Å²) < 4.78 is 4.95. The van der Waals surface area contributed by atoms with Crippen LogP contribution >= 0.6 is 0 Å². The molecule has 0 aromatic carbocycles. The van der Waals surface area contributed by atoms with E-state index in [0.29, 0.717) is 18.6 Å². The maximum atomic E-state index is 11.4. The zero-order valence-electron chi connectivity index (χ0n) is 7.95. The molecule has 2 aliphatic rings. The second-order valence-electron chi connectivity index (χ2n) is 3.71. The average molecular weight is 184 g/mol. The fourth-order valence-electron chi connectivity index (χ4n) is 2.21. The summed E-state index contributed by atoms with van der Waals surface area (Å²) in [6.45, 7) is 5.11. The summed E-state index contributed by atoms with van der Waals surface area (Å²) in [5.41, 5.74) is 0. The van der Waals surface area contributed by atoms with E-state index in [2.05, 4.69) is 5.32 Å². The van der Waals surface area contributed by atoms with Crippen molar-refractivity contribution < 1.29 is 9.53 Å². The molecule has 0 aliphatic carbocycles. The molecule has 4 nitrogen and oxygen atoms in total. The Balaban J connectivity index is 1.87. The molecule has 2 saturated heterocycles. The maximum Gasteiger partial charge on any atom is 0.409 e. The van der Waals surface area contributed by atoms with Crippen molar-refractivity contribution in [3.8, 4) is 0 Å². The Bertz CT molecular complexity index is 196. The molecule has 0 aromatic heterocycles. The molecule has 2 aliphatic heterocycles. The number of fused-ring (bicyclic) bond motifs is 1. The van der Waals surface area contributed by atoms with E-state index in [-0.39, 0.29) is 6.09 Å². The van der Waals surface area contributed by atoms with Gasteiger partial charge in [-0.15, -0.1) is 0 Å². The van der Waals surface area contributed by atoms with Crippen molar-refractivity contribution in [3.05, 3.63) is 0 Å². The molecule has 0 saturated carbocycles. The first-order valence-corrected chi connectivity index (χ1v) is 4.96. The zero-order chi connectivity index (χ0) is 9.26. The molecule has 0 spiro atoms. The Morgan fingerprint density at radius 2 is 2.46 bits per heavy atom. The monoisotopic (exact) mass is 184 g/mol. The smallest absolute Gasteiger partial charge is 0.409 e. The summed E-state index contributed by atoms with van der Waals surface area (Å²) in [4.78, 5) is 13.2. The van der Waals surface area contributed by atoms with Gasteiger partial charge < -0.3 is 15.0 Å². The first-order chi connectivity index (χ1) is 6.31. The van der Waals surface area contributed by atoms with Crippen LogP contribution in [0.4, 0.5) is 4.79 Å². The third kappa shape index (κ3) is 1.63.